The lowest BCUT2D eigenvalue weighted by molar-refractivity contribution is 0.0696. The third kappa shape index (κ3) is 5.23. The standard InChI is InChI=1S/C26H35N3O3/c1-31-24-18-21-10-16-29(26(30)23(21)19-25(24)32-2)17-11-22-7-3-4-14-28(22)15-5-6-20-8-12-27-13-9-20/h8-9,12-13,18-19,22H,3-7,10-11,14-17H2,1-2H3. The minimum Gasteiger partial charge on any atom is -0.493 e. The quantitative estimate of drug-likeness (QED) is 0.594. The Labute approximate surface area is 191 Å². The van der Waals surface area contributed by atoms with Crippen LogP contribution in [0.15, 0.2) is 36.7 Å². The Bertz CT molecular complexity index is 903. The van der Waals surface area contributed by atoms with E-state index in [4.69, 9.17) is 9.47 Å². The fourth-order valence-electron chi connectivity index (χ4n) is 5.09. The van der Waals surface area contributed by atoms with Crippen LogP contribution >= 0.6 is 0 Å². The van der Waals surface area contributed by atoms with Crippen LogP contribution in [0.1, 0.15) is 53.6 Å². The summed E-state index contributed by atoms with van der Waals surface area (Å²) in [4.78, 5) is 22.0. The van der Waals surface area contributed by atoms with E-state index < -0.39 is 0 Å². The molecule has 1 amide bonds. The Morgan fingerprint density at radius 3 is 2.59 bits per heavy atom. The molecule has 0 bridgehead atoms. The first-order valence-electron chi connectivity index (χ1n) is 11.9. The maximum atomic E-state index is 13.2. The number of hydrogen-bond acceptors (Lipinski definition) is 5. The number of piperidine rings is 1. The largest absolute Gasteiger partial charge is 0.493 e. The molecule has 1 fully saturated rings. The second-order valence-corrected chi connectivity index (χ2v) is 8.84. The molecule has 1 saturated heterocycles. The molecule has 6 nitrogen and oxygen atoms in total. The van der Waals surface area contributed by atoms with Crippen molar-refractivity contribution in [1.82, 2.24) is 14.8 Å². The summed E-state index contributed by atoms with van der Waals surface area (Å²) >= 11 is 0. The van der Waals surface area contributed by atoms with Gasteiger partial charge in [0.25, 0.3) is 5.91 Å². The molecular weight excluding hydrogens is 402 g/mol. The van der Waals surface area contributed by atoms with E-state index in [9.17, 15) is 4.79 Å². The average molecular weight is 438 g/mol. The van der Waals surface area contributed by atoms with Gasteiger partial charge in [0.1, 0.15) is 0 Å². The number of pyridine rings is 1. The fourth-order valence-corrected chi connectivity index (χ4v) is 5.09. The zero-order valence-corrected chi connectivity index (χ0v) is 19.4. The van der Waals surface area contributed by atoms with Crippen molar-refractivity contribution in [2.45, 2.75) is 51.0 Å². The molecule has 0 radical (unpaired) electrons. The van der Waals surface area contributed by atoms with Crippen molar-refractivity contribution in [3.63, 3.8) is 0 Å². The molecule has 2 aliphatic heterocycles. The average Bonchev–Trinajstić information content (AvgIpc) is 2.84. The third-order valence-corrected chi connectivity index (χ3v) is 6.92. The summed E-state index contributed by atoms with van der Waals surface area (Å²) in [6.45, 7) is 3.89. The van der Waals surface area contributed by atoms with E-state index >= 15 is 0 Å². The number of methoxy groups -OCH3 is 2. The van der Waals surface area contributed by atoms with Gasteiger partial charge in [0.15, 0.2) is 11.5 Å². The van der Waals surface area contributed by atoms with Gasteiger partial charge in [0.05, 0.1) is 14.2 Å². The Kier molecular flexibility index (Phi) is 7.63. The molecule has 1 aromatic heterocycles. The highest BCUT2D eigenvalue weighted by Gasteiger charge is 2.28. The van der Waals surface area contributed by atoms with Crippen molar-refractivity contribution in [2.75, 3.05) is 40.4 Å². The molecule has 1 aromatic carbocycles. The normalized spacial score (nSPS) is 19.0. The number of ether oxygens (including phenoxy) is 2. The van der Waals surface area contributed by atoms with E-state index in [0.29, 0.717) is 17.5 Å². The zero-order valence-electron chi connectivity index (χ0n) is 19.4. The first-order chi connectivity index (χ1) is 15.7. The zero-order chi connectivity index (χ0) is 22.3. The summed E-state index contributed by atoms with van der Waals surface area (Å²) in [5, 5.41) is 0. The van der Waals surface area contributed by atoms with Gasteiger partial charge >= 0.3 is 0 Å². The number of carbonyl (C=O) groups is 1. The number of carbonyl (C=O) groups excluding carboxylic acids is 1. The van der Waals surface area contributed by atoms with E-state index in [1.807, 2.05) is 29.4 Å². The smallest absolute Gasteiger partial charge is 0.254 e. The van der Waals surface area contributed by atoms with Gasteiger partial charge in [0, 0.05) is 37.1 Å². The summed E-state index contributed by atoms with van der Waals surface area (Å²) in [6, 6.07) is 8.58. The second-order valence-electron chi connectivity index (χ2n) is 8.84. The molecule has 6 heteroatoms. The number of hydrogen-bond donors (Lipinski definition) is 0. The van der Waals surface area contributed by atoms with E-state index in [1.165, 1.54) is 31.4 Å². The van der Waals surface area contributed by atoms with Gasteiger partial charge in [-0.1, -0.05) is 6.42 Å². The number of benzene rings is 1. The molecule has 2 aromatic rings. The van der Waals surface area contributed by atoms with Crippen LogP contribution in [0.3, 0.4) is 0 Å². The molecule has 0 aliphatic carbocycles. The molecule has 3 heterocycles. The monoisotopic (exact) mass is 437 g/mol. The predicted molar refractivity (Wildman–Crippen MR) is 126 cm³/mol. The van der Waals surface area contributed by atoms with Gasteiger partial charge in [-0.25, -0.2) is 0 Å². The summed E-state index contributed by atoms with van der Waals surface area (Å²) in [5.74, 6) is 1.43. The second kappa shape index (κ2) is 10.8. The van der Waals surface area contributed by atoms with Gasteiger partial charge < -0.3 is 19.3 Å². The number of rotatable bonds is 9. The van der Waals surface area contributed by atoms with Crippen molar-refractivity contribution in [1.29, 1.82) is 0 Å². The molecule has 1 atom stereocenters. The van der Waals surface area contributed by atoms with E-state index in [1.54, 1.807) is 14.2 Å². The molecule has 4 rings (SSSR count). The van der Waals surface area contributed by atoms with Crippen LogP contribution in [0, 0.1) is 0 Å². The Hall–Kier alpha value is -2.60. The van der Waals surface area contributed by atoms with Crippen molar-refractivity contribution >= 4 is 5.91 Å². The summed E-state index contributed by atoms with van der Waals surface area (Å²) in [7, 11) is 3.25. The van der Waals surface area contributed by atoms with Crippen molar-refractivity contribution in [3.8, 4) is 11.5 Å². The van der Waals surface area contributed by atoms with Crippen LogP contribution in [0.5, 0.6) is 11.5 Å². The van der Waals surface area contributed by atoms with Crippen molar-refractivity contribution in [2.24, 2.45) is 0 Å². The molecule has 172 valence electrons. The van der Waals surface area contributed by atoms with Crippen LogP contribution in [-0.4, -0.2) is 67.1 Å². The van der Waals surface area contributed by atoms with Crippen LogP contribution in [0.2, 0.25) is 0 Å². The lowest BCUT2D eigenvalue weighted by atomic mass is 9.95. The summed E-state index contributed by atoms with van der Waals surface area (Å²) in [5.41, 5.74) is 3.17. The molecule has 2 aliphatic rings. The van der Waals surface area contributed by atoms with Crippen molar-refractivity contribution in [3.05, 3.63) is 53.3 Å². The minimum absolute atomic E-state index is 0.118. The molecular formula is C26H35N3O3. The van der Waals surface area contributed by atoms with Crippen LogP contribution < -0.4 is 9.47 Å². The number of aryl methyl sites for hydroxylation is 1. The molecule has 0 saturated carbocycles. The van der Waals surface area contributed by atoms with Gasteiger partial charge in [-0.15, -0.1) is 0 Å². The summed E-state index contributed by atoms with van der Waals surface area (Å²) < 4.78 is 10.8. The highest BCUT2D eigenvalue weighted by Crippen LogP contribution is 2.33. The van der Waals surface area contributed by atoms with Gasteiger partial charge in [-0.3, -0.25) is 9.78 Å². The number of fused-ring (bicyclic) bond motifs is 1. The SMILES string of the molecule is COc1cc2c(cc1OC)C(=O)N(CCC1CCCCN1CCCc1ccncc1)CC2. The molecule has 1 unspecified atom stereocenters. The number of aromatic nitrogens is 1. The highest BCUT2D eigenvalue weighted by molar-refractivity contribution is 5.97. The number of likely N-dealkylation sites (tertiary alicyclic amines) is 1. The summed E-state index contributed by atoms with van der Waals surface area (Å²) in [6.07, 6.45) is 11.7. The number of amides is 1. The topological polar surface area (TPSA) is 54.9 Å². The Morgan fingerprint density at radius 2 is 1.81 bits per heavy atom. The Morgan fingerprint density at radius 1 is 1.03 bits per heavy atom. The lowest BCUT2D eigenvalue weighted by Gasteiger charge is -2.38. The van der Waals surface area contributed by atoms with Crippen molar-refractivity contribution < 1.29 is 14.3 Å². The van der Waals surface area contributed by atoms with Crippen LogP contribution in [0.4, 0.5) is 0 Å². The predicted octanol–water partition coefficient (Wildman–Crippen LogP) is 3.97. The minimum atomic E-state index is 0.118. The molecule has 0 spiro atoms. The van der Waals surface area contributed by atoms with Gasteiger partial charge in [-0.2, -0.15) is 0 Å². The van der Waals surface area contributed by atoms with E-state index in [0.717, 1.165) is 56.4 Å². The molecule has 32 heavy (non-hydrogen) atoms. The highest BCUT2D eigenvalue weighted by atomic mass is 16.5. The fraction of sp³-hybridized carbons (Fsp3) is 0.538. The maximum absolute atomic E-state index is 13.2. The van der Waals surface area contributed by atoms with E-state index in [2.05, 4.69) is 22.0 Å². The van der Waals surface area contributed by atoms with E-state index in [-0.39, 0.29) is 5.91 Å². The number of nitrogens with zero attached hydrogens (tertiary/aromatic N) is 3. The first kappa shape index (κ1) is 22.6. The van der Waals surface area contributed by atoms with Crippen LogP contribution in [-0.2, 0) is 12.8 Å². The Balaban J connectivity index is 1.33. The lowest BCUT2D eigenvalue weighted by Crippen LogP contribution is -2.44. The van der Waals surface area contributed by atoms with Gasteiger partial charge in [0.2, 0.25) is 0 Å². The molecule has 0 N–H and O–H groups in total. The first-order valence-corrected chi connectivity index (χ1v) is 11.9. The maximum Gasteiger partial charge on any atom is 0.254 e. The van der Waals surface area contributed by atoms with Crippen LogP contribution in [0.25, 0.3) is 0 Å². The van der Waals surface area contributed by atoms with Gasteiger partial charge in [-0.05, 0) is 87.0 Å². The third-order valence-electron chi connectivity index (χ3n) is 6.92.